The molecule has 1 heterocycles. The molecule has 0 N–H and O–H groups in total. The lowest BCUT2D eigenvalue weighted by atomic mass is 10.2. The number of ether oxygens (including phenoxy) is 1. The average molecular weight is 315 g/mol. The number of rotatable bonds is 5. The standard InChI is InChI=1S/C12H11F2N3O3S/c1-6(2)12-15-11(21-16-12)5-20-10-4-9(17(18)19)7(13)3-8(10)14/h3-4,6H,5H2,1-2H3. The molecule has 112 valence electrons. The molecule has 0 unspecified atom stereocenters. The number of aromatic nitrogens is 2. The molecule has 6 nitrogen and oxygen atoms in total. The van der Waals surface area contributed by atoms with Gasteiger partial charge in [0.05, 0.1) is 11.0 Å². The second-order valence-corrected chi connectivity index (χ2v) is 5.32. The van der Waals surface area contributed by atoms with Crippen LogP contribution >= 0.6 is 11.5 Å². The lowest BCUT2D eigenvalue weighted by molar-refractivity contribution is -0.387. The van der Waals surface area contributed by atoms with Crippen LogP contribution in [0.5, 0.6) is 5.75 Å². The van der Waals surface area contributed by atoms with Crippen LogP contribution in [-0.2, 0) is 6.61 Å². The Labute approximate surface area is 122 Å². The Morgan fingerprint density at radius 3 is 2.67 bits per heavy atom. The number of benzene rings is 1. The normalized spacial score (nSPS) is 10.9. The maximum Gasteiger partial charge on any atom is 0.308 e. The summed E-state index contributed by atoms with van der Waals surface area (Å²) in [5.41, 5.74) is -0.841. The maximum absolute atomic E-state index is 13.5. The number of halogens is 2. The third-order valence-corrected chi connectivity index (χ3v) is 3.25. The van der Waals surface area contributed by atoms with Gasteiger partial charge in [0, 0.05) is 12.0 Å². The van der Waals surface area contributed by atoms with E-state index >= 15 is 0 Å². The molecule has 0 aliphatic rings. The summed E-state index contributed by atoms with van der Waals surface area (Å²) in [6, 6.07) is 1.14. The van der Waals surface area contributed by atoms with Gasteiger partial charge in [0.15, 0.2) is 16.6 Å². The van der Waals surface area contributed by atoms with Crippen molar-refractivity contribution in [1.82, 2.24) is 9.36 Å². The summed E-state index contributed by atoms with van der Waals surface area (Å²) in [7, 11) is 0. The van der Waals surface area contributed by atoms with Crippen LogP contribution < -0.4 is 4.74 Å². The first kappa shape index (κ1) is 15.2. The highest BCUT2D eigenvalue weighted by Crippen LogP contribution is 2.27. The number of nitro benzene ring substituents is 1. The van der Waals surface area contributed by atoms with Crippen LogP contribution in [0, 0.1) is 21.7 Å². The van der Waals surface area contributed by atoms with Gasteiger partial charge in [-0.3, -0.25) is 10.1 Å². The van der Waals surface area contributed by atoms with Crippen molar-refractivity contribution < 1.29 is 18.4 Å². The van der Waals surface area contributed by atoms with Gasteiger partial charge >= 0.3 is 5.69 Å². The number of nitrogens with zero attached hydrogens (tertiary/aromatic N) is 3. The van der Waals surface area contributed by atoms with Gasteiger partial charge in [0.2, 0.25) is 5.82 Å². The quantitative estimate of drug-likeness (QED) is 0.624. The number of hydrogen-bond donors (Lipinski definition) is 0. The van der Waals surface area contributed by atoms with Gasteiger partial charge in [-0.1, -0.05) is 13.8 Å². The first-order valence-corrected chi connectivity index (χ1v) is 6.74. The molecule has 0 spiro atoms. The minimum atomic E-state index is -1.25. The Hall–Kier alpha value is -2.16. The fourth-order valence-electron chi connectivity index (χ4n) is 1.47. The van der Waals surface area contributed by atoms with Crippen molar-refractivity contribution in [3.8, 4) is 5.75 Å². The molecule has 1 aromatic carbocycles. The van der Waals surface area contributed by atoms with Crippen LogP contribution in [0.3, 0.4) is 0 Å². The second-order valence-electron chi connectivity index (χ2n) is 4.48. The highest BCUT2D eigenvalue weighted by Gasteiger charge is 2.20. The third-order valence-electron chi connectivity index (χ3n) is 2.55. The predicted molar refractivity (Wildman–Crippen MR) is 71.3 cm³/mol. The van der Waals surface area contributed by atoms with E-state index in [4.69, 9.17) is 4.74 Å². The molecule has 0 fully saturated rings. The predicted octanol–water partition coefficient (Wildman–Crippen LogP) is 3.43. The van der Waals surface area contributed by atoms with Gasteiger partial charge in [-0.15, -0.1) is 0 Å². The summed E-state index contributed by atoms with van der Waals surface area (Å²) >= 11 is 1.10. The number of nitro groups is 1. The van der Waals surface area contributed by atoms with E-state index in [2.05, 4.69) is 9.36 Å². The van der Waals surface area contributed by atoms with Gasteiger partial charge in [0.1, 0.15) is 12.4 Å². The molecule has 0 aliphatic carbocycles. The monoisotopic (exact) mass is 315 g/mol. The van der Waals surface area contributed by atoms with E-state index in [0.717, 1.165) is 17.6 Å². The molecule has 0 bridgehead atoms. The Balaban J connectivity index is 2.15. The lowest BCUT2D eigenvalue weighted by Gasteiger charge is -2.05. The van der Waals surface area contributed by atoms with Gasteiger partial charge in [0.25, 0.3) is 0 Å². The van der Waals surface area contributed by atoms with Crippen molar-refractivity contribution in [3.63, 3.8) is 0 Å². The zero-order valence-corrected chi connectivity index (χ0v) is 12.0. The molecule has 2 aromatic rings. The SMILES string of the molecule is CC(C)c1nsc(COc2cc([N+](=O)[O-])c(F)cc2F)n1. The molecule has 9 heteroatoms. The maximum atomic E-state index is 13.5. The Morgan fingerprint density at radius 1 is 1.38 bits per heavy atom. The molecule has 0 atom stereocenters. The Morgan fingerprint density at radius 2 is 2.10 bits per heavy atom. The molecule has 21 heavy (non-hydrogen) atoms. The number of hydrogen-bond acceptors (Lipinski definition) is 6. The minimum Gasteiger partial charge on any atom is -0.483 e. The zero-order chi connectivity index (χ0) is 15.6. The van der Waals surface area contributed by atoms with Crippen molar-refractivity contribution in [2.45, 2.75) is 26.4 Å². The lowest BCUT2D eigenvalue weighted by Crippen LogP contribution is -2.01. The molecule has 1 aromatic heterocycles. The highest BCUT2D eigenvalue weighted by atomic mass is 32.1. The highest BCUT2D eigenvalue weighted by molar-refractivity contribution is 7.05. The van der Waals surface area contributed by atoms with E-state index in [1.807, 2.05) is 13.8 Å². The summed E-state index contributed by atoms with van der Waals surface area (Å²) in [6.45, 7) is 3.76. The first-order chi connectivity index (χ1) is 9.88. The van der Waals surface area contributed by atoms with Crippen LogP contribution in [0.2, 0.25) is 0 Å². The molecule has 0 aliphatic heterocycles. The van der Waals surface area contributed by atoms with Crippen LogP contribution in [-0.4, -0.2) is 14.3 Å². The molecule has 0 amide bonds. The molecular weight excluding hydrogens is 304 g/mol. The summed E-state index contributed by atoms with van der Waals surface area (Å²) in [5, 5.41) is 11.1. The Bertz CT molecular complexity index is 676. The van der Waals surface area contributed by atoms with Gasteiger partial charge in [-0.05, 0) is 11.5 Å². The van der Waals surface area contributed by atoms with E-state index in [1.165, 1.54) is 0 Å². The smallest absolute Gasteiger partial charge is 0.308 e. The fraction of sp³-hybridized carbons (Fsp3) is 0.333. The van der Waals surface area contributed by atoms with Crippen LogP contribution in [0.4, 0.5) is 14.5 Å². The first-order valence-electron chi connectivity index (χ1n) is 5.97. The summed E-state index contributed by atoms with van der Waals surface area (Å²) in [6.07, 6.45) is 0. The van der Waals surface area contributed by atoms with Gasteiger partial charge in [-0.25, -0.2) is 9.37 Å². The van der Waals surface area contributed by atoms with Crippen molar-refractivity contribution in [3.05, 3.63) is 44.7 Å². The van der Waals surface area contributed by atoms with Crippen molar-refractivity contribution in [2.75, 3.05) is 0 Å². The van der Waals surface area contributed by atoms with Crippen LogP contribution in [0.1, 0.15) is 30.6 Å². The van der Waals surface area contributed by atoms with E-state index in [0.29, 0.717) is 16.9 Å². The van der Waals surface area contributed by atoms with Crippen LogP contribution in [0.25, 0.3) is 0 Å². The summed E-state index contributed by atoms with van der Waals surface area (Å²) in [5.74, 6) is -1.86. The van der Waals surface area contributed by atoms with Crippen molar-refractivity contribution >= 4 is 17.2 Å². The van der Waals surface area contributed by atoms with Gasteiger partial charge in [-0.2, -0.15) is 8.76 Å². The van der Waals surface area contributed by atoms with E-state index in [9.17, 15) is 18.9 Å². The second kappa shape index (κ2) is 6.08. The van der Waals surface area contributed by atoms with E-state index in [-0.39, 0.29) is 12.5 Å². The Kier molecular flexibility index (Phi) is 4.41. The van der Waals surface area contributed by atoms with Gasteiger partial charge < -0.3 is 4.74 Å². The average Bonchev–Trinajstić information content (AvgIpc) is 2.86. The summed E-state index contributed by atoms with van der Waals surface area (Å²) < 4.78 is 35.9. The van der Waals surface area contributed by atoms with E-state index in [1.54, 1.807) is 0 Å². The molecule has 0 radical (unpaired) electrons. The third kappa shape index (κ3) is 3.48. The topological polar surface area (TPSA) is 78.2 Å². The molecule has 0 saturated carbocycles. The van der Waals surface area contributed by atoms with Crippen molar-refractivity contribution in [2.24, 2.45) is 0 Å². The minimum absolute atomic E-state index is 0.0932. The zero-order valence-electron chi connectivity index (χ0n) is 11.2. The largest absolute Gasteiger partial charge is 0.483 e. The van der Waals surface area contributed by atoms with E-state index < -0.39 is 28.0 Å². The van der Waals surface area contributed by atoms with Crippen molar-refractivity contribution in [1.29, 1.82) is 0 Å². The molecule has 0 saturated heterocycles. The molecule has 2 rings (SSSR count). The molecular formula is C12H11F2N3O3S. The fourth-order valence-corrected chi connectivity index (χ4v) is 2.17. The summed E-state index contributed by atoms with van der Waals surface area (Å²) in [4.78, 5) is 13.8. The van der Waals surface area contributed by atoms with Crippen LogP contribution in [0.15, 0.2) is 12.1 Å².